The number of rotatable bonds is 7. The number of para-hydroxylation sites is 1. The van der Waals surface area contributed by atoms with E-state index >= 15 is 0 Å². The van der Waals surface area contributed by atoms with E-state index in [4.69, 9.17) is 11.6 Å². The Hall–Kier alpha value is -2.09. The number of carbonyl (C=O) groups excluding carboxylic acids is 1. The van der Waals surface area contributed by atoms with Gasteiger partial charge in [0.15, 0.2) is 0 Å². The second kappa shape index (κ2) is 8.94. The van der Waals surface area contributed by atoms with Crippen LogP contribution in [0.3, 0.4) is 0 Å². The lowest BCUT2D eigenvalue weighted by Crippen LogP contribution is -2.40. The number of halogens is 1. The Balaban J connectivity index is 1.48. The number of anilines is 1. The van der Waals surface area contributed by atoms with E-state index in [0.29, 0.717) is 17.5 Å². The second-order valence-electron chi connectivity index (χ2n) is 6.96. The first-order valence-corrected chi connectivity index (χ1v) is 11.0. The number of sulfonamides is 1. The van der Waals surface area contributed by atoms with Crippen molar-refractivity contribution < 1.29 is 13.2 Å². The van der Waals surface area contributed by atoms with Crippen LogP contribution in [-0.4, -0.2) is 51.9 Å². The molecule has 1 aliphatic heterocycles. The van der Waals surface area contributed by atoms with Crippen LogP contribution in [0.15, 0.2) is 59.5 Å². The van der Waals surface area contributed by atoms with Crippen molar-refractivity contribution in [1.29, 1.82) is 0 Å². The first kappa shape index (κ1) is 20.6. The van der Waals surface area contributed by atoms with Crippen LogP contribution in [0.2, 0.25) is 5.02 Å². The quantitative estimate of drug-likeness (QED) is 0.746. The number of likely N-dealkylation sites (N-methyl/N-ethyl adjacent to an activating group) is 1. The van der Waals surface area contributed by atoms with Gasteiger partial charge < -0.3 is 10.2 Å². The lowest BCUT2D eigenvalue weighted by atomic mass is 10.1. The molecular weight excluding hydrogens is 398 g/mol. The average molecular weight is 422 g/mol. The minimum absolute atomic E-state index is 0.112. The molecule has 3 rings (SSSR count). The molecule has 1 aliphatic rings. The number of carbonyl (C=O) groups is 1. The van der Waals surface area contributed by atoms with Gasteiger partial charge in [-0.05, 0) is 48.7 Å². The number of nitrogens with zero attached hydrogens (tertiary/aromatic N) is 2. The van der Waals surface area contributed by atoms with Crippen LogP contribution in [0.25, 0.3) is 0 Å². The second-order valence-corrected chi connectivity index (χ2v) is 9.44. The first-order valence-electron chi connectivity index (χ1n) is 9.15. The van der Waals surface area contributed by atoms with Crippen LogP contribution < -0.4 is 10.2 Å². The third kappa shape index (κ3) is 5.04. The van der Waals surface area contributed by atoms with E-state index in [1.165, 1.54) is 37.0 Å². The van der Waals surface area contributed by atoms with E-state index in [1.54, 1.807) is 0 Å². The largest absolute Gasteiger partial charge is 0.371 e. The standard InChI is InChI=1S/C20H24ClN3O3S/c1-23(28(26,27)19-9-7-17(21)8-10-19)15-20(25)22-13-16-11-12-24(14-16)18-5-3-2-4-6-18/h2-10,16H,11-15H2,1H3,(H,22,25). The van der Waals surface area contributed by atoms with Gasteiger partial charge >= 0.3 is 0 Å². The summed E-state index contributed by atoms with van der Waals surface area (Å²) >= 11 is 5.80. The topological polar surface area (TPSA) is 69.7 Å². The zero-order valence-corrected chi connectivity index (χ0v) is 17.3. The Kier molecular flexibility index (Phi) is 6.59. The number of hydrogen-bond donors (Lipinski definition) is 1. The third-order valence-corrected chi connectivity index (χ3v) is 6.95. The van der Waals surface area contributed by atoms with Gasteiger partial charge in [0.1, 0.15) is 0 Å². The highest BCUT2D eigenvalue weighted by Gasteiger charge is 2.25. The summed E-state index contributed by atoms with van der Waals surface area (Å²) in [6, 6.07) is 16.1. The summed E-state index contributed by atoms with van der Waals surface area (Å²) in [4.78, 5) is 14.7. The van der Waals surface area contributed by atoms with Crippen molar-refractivity contribution >= 4 is 33.2 Å². The van der Waals surface area contributed by atoms with Crippen LogP contribution in [-0.2, 0) is 14.8 Å². The Labute approximate surface area is 171 Å². The minimum Gasteiger partial charge on any atom is -0.371 e. The summed E-state index contributed by atoms with van der Waals surface area (Å²) in [7, 11) is -2.33. The van der Waals surface area contributed by atoms with Crippen molar-refractivity contribution in [2.45, 2.75) is 11.3 Å². The van der Waals surface area contributed by atoms with E-state index in [0.717, 1.165) is 23.8 Å². The fraction of sp³-hybridized carbons (Fsp3) is 0.350. The molecule has 150 valence electrons. The van der Waals surface area contributed by atoms with Crippen LogP contribution in [0.4, 0.5) is 5.69 Å². The van der Waals surface area contributed by atoms with Crippen LogP contribution >= 0.6 is 11.6 Å². The van der Waals surface area contributed by atoms with Gasteiger partial charge in [-0.2, -0.15) is 4.31 Å². The predicted molar refractivity (Wildman–Crippen MR) is 111 cm³/mol. The molecule has 8 heteroatoms. The van der Waals surface area contributed by atoms with Gasteiger partial charge in [0.05, 0.1) is 11.4 Å². The monoisotopic (exact) mass is 421 g/mol. The molecule has 1 heterocycles. The van der Waals surface area contributed by atoms with Crippen LogP contribution in [0.1, 0.15) is 6.42 Å². The molecular formula is C20H24ClN3O3S. The predicted octanol–water partition coefficient (Wildman–Crippen LogP) is 2.60. The van der Waals surface area contributed by atoms with Gasteiger partial charge in [-0.3, -0.25) is 4.79 Å². The first-order chi connectivity index (χ1) is 13.4. The molecule has 1 N–H and O–H groups in total. The highest BCUT2D eigenvalue weighted by molar-refractivity contribution is 7.89. The molecule has 0 radical (unpaired) electrons. The fourth-order valence-electron chi connectivity index (χ4n) is 3.26. The number of hydrogen-bond acceptors (Lipinski definition) is 4. The maximum Gasteiger partial charge on any atom is 0.243 e. The summed E-state index contributed by atoms with van der Waals surface area (Å²) in [5, 5.41) is 3.33. The van der Waals surface area contributed by atoms with Crippen molar-refractivity contribution in [1.82, 2.24) is 9.62 Å². The molecule has 0 bridgehead atoms. The highest BCUT2D eigenvalue weighted by atomic mass is 35.5. The van der Waals surface area contributed by atoms with Crippen molar-refractivity contribution in [3.63, 3.8) is 0 Å². The van der Waals surface area contributed by atoms with Crippen molar-refractivity contribution in [3.05, 3.63) is 59.6 Å². The summed E-state index contributed by atoms with van der Waals surface area (Å²) in [6.07, 6.45) is 0.994. The number of amides is 1. The smallest absolute Gasteiger partial charge is 0.243 e. The Bertz CT molecular complexity index is 904. The number of nitrogens with one attached hydrogen (secondary N) is 1. The van der Waals surface area contributed by atoms with Gasteiger partial charge in [-0.25, -0.2) is 8.42 Å². The lowest BCUT2D eigenvalue weighted by Gasteiger charge is -2.19. The normalized spacial score (nSPS) is 17.1. The molecule has 0 saturated carbocycles. The molecule has 2 aromatic rings. The zero-order chi connectivity index (χ0) is 20.1. The maximum absolute atomic E-state index is 12.5. The Morgan fingerprint density at radius 1 is 1.18 bits per heavy atom. The van der Waals surface area contributed by atoms with Gasteiger partial charge in [0.2, 0.25) is 15.9 Å². The van der Waals surface area contributed by atoms with Crippen molar-refractivity contribution in [2.24, 2.45) is 5.92 Å². The van der Waals surface area contributed by atoms with E-state index in [9.17, 15) is 13.2 Å². The highest BCUT2D eigenvalue weighted by Crippen LogP contribution is 2.23. The van der Waals surface area contributed by atoms with E-state index in [-0.39, 0.29) is 17.3 Å². The summed E-state index contributed by atoms with van der Waals surface area (Å²) < 4.78 is 26.1. The molecule has 1 saturated heterocycles. The molecule has 1 fully saturated rings. The minimum atomic E-state index is -3.73. The fourth-order valence-corrected chi connectivity index (χ4v) is 4.51. The summed E-state index contributed by atoms with van der Waals surface area (Å²) in [5.74, 6) is 0.0422. The molecule has 0 aliphatic carbocycles. The molecule has 1 atom stereocenters. The Morgan fingerprint density at radius 3 is 2.54 bits per heavy atom. The third-order valence-electron chi connectivity index (χ3n) is 4.88. The van der Waals surface area contributed by atoms with E-state index < -0.39 is 10.0 Å². The van der Waals surface area contributed by atoms with E-state index in [2.05, 4.69) is 22.3 Å². The molecule has 0 spiro atoms. The molecule has 1 amide bonds. The van der Waals surface area contributed by atoms with Crippen LogP contribution in [0.5, 0.6) is 0 Å². The van der Waals surface area contributed by atoms with Gasteiger partial charge in [0, 0.05) is 37.4 Å². The SMILES string of the molecule is CN(CC(=O)NCC1CCN(c2ccccc2)C1)S(=O)(=O)c1ccc(Cl)cc1. The van der Waals surface area contributed by atoms with E-state index in [1.807, 2.05) is 18.2 Å². The molecule has 28 heavy (non-hydrogen) atoms. The number of benzene rings is 2. The van der Waals surface area contributed by atoms with Crippen molar-refractivity contribution in [3.8, 4) is 0 Å². The van der Waals surface area contributed by atoms with Gasteiger partial charge in [-0.1, -0.05) is 29.8 Å². The lowest BCUT2D eigenvalue weighted by molar-refractivity contribution is -0.121. The van der Waals surface area contributed by atoms with Crippen LogP contribution in [0, 0.1) is 5.92 Å². The molecule has 1 unspecified atom stereocenters. The van der Waals surface area contributed by atoms with Gasteiger partial charge in [-0.15, -0.1) is 0 Å². The molecule has 0 aromatic heterocycles. The maximum atomic E-state index is 12.5. The Morgan fingerprint density at radius 2 is 1.86 bits per heavy atom. The zero-order valence-electron chi connectivity index (χ0n) is 15.7. The van der Waals surface area contributed by atoms with Crippen molar-refractivity contribution in [2.75, 3.05) is 38.1 Å². The summed E-state index contributed by atoms with van der Waals surface area (Å²) in [5.41, 5.74) is 1.19. The average Bonchev–Trinajstić information content (AvgIpc) is 3.16. The molecule has 2 aromatic carbocycles. The molecule has 6 nitrogen and oxygen atoms in total. The summed E-state index contributed by atoms with van der Waals surface area (Å²) in [6.45, 7) is 2.15. The van der Waals surface area contributed by atoms with Gasteiger partial charge in [0.25, 0.3) is 0 Å².